The van der Waals surface area contributed by atoms with Gasteiger partial charge in [-0.15, -0.1) is 0 Å². The summed E-state index contributed by atoms with van der Waals surface area (Å²) in [7, 11) is 1.72. The van der Waals surface area contributed by atoms with Gasteiger partial charge >= 0.3 is 0 Å². The van der Waals surface area contributed by atoms with Crippen molar-refractivity contribution in [3.63, 3.8) is 0 Å². The minimum atomic E-state index is 0.374. The molecule has 0 amide bonds. The topological polar surface area (TPSA) is 54.9 Å². The number of guanidine groups is 1. The molecule has 2 aliphatic carbocycles. The van der Waals surface area contributed by atoms with Crippen LogP contribution in [0, 0.1) is 11.3 Å². The van der Waals surface area contributed by atoms with E-state index in [9.17, 15) is 0 Å². The van der Waals surface area contributed by atoms with Gasteiger partial charge in [0.15, 0.2) is 5.96 Å². The molecule has 1 saturated heterocycles. The quantitative estimate of drug-likeness (QED) is 0.459. The molecule has 1 heterocycles. The van der Waals surface area contributed by atoms with Crippen LogP contribution in [0.25, 0.3) is 0 Å². The van der Waals surface area contributed by atoms with E-state index in [0.29, 0.717) is 36.6 Å². The van der Waals surface area contributed by atoms with Crippen LogP contribution >= 0.6 is 0 Å². The normalized spacial score (nSPS) is 33.8. The molecule has 0 aromatic carbocycles. The molecule has 0 bridgehead atoms. The molecule has 5 nitrogen and oxygen atoms in total. The Morgan fingerprint density at radius 1 is 1.38 bits per heavy atom. The van der Waals surface area contributed by atoms with Crippen molar-refractivity contribution < 1.29 is 9.47 Å². The van der Waals surface area contributed by atoms with Crippen molar-refractivity contribution in [2.75, 3.05) is 33.4 Å². The molecule has 120 valence electrons. The molecule has 3 aliphatic rings. The Hall–Kier alpha value is -0.810. The van der Waals surface area contributed by atoms with E-state index in [-0.39, 0.29) is 0 Å². The molecule has 0 aromatic rings. The van der Waals surface area contributed by atoms with Crippen LogP contribution in [0.4, 0.5) is 0 Å². The van der Waals surface area contributed by atoms with Crippen LogP contribution in [0.15, 0.2) is 4.99 Å². The van der Waals surface area contributed by atoms with Gasteiger partial charge < -0.3 is 20.1 Å². The number of nitrogens with zero attached hydrogens (tertiary/aromatic N) is 1. The van der Waals surface area contributed by atoms with E-state index < -0.39 is 0 Å². The maximum atomic E-state index is 6.04. The number of ether oxygens (including phenoxy) is 2. The summed E-state index contributed by atoms with van der Waals surface area (Å²) in [5.41, 5.74) is 0.374. The second-order valence-electron chi connectivity index (χ2n) is 6.56. The van der Waals surface area contributed by atoms with Gasteiger partial charge in [0.05, 0.1) is 19.3 Å². The molecule has 3 fully saturated rings. The highest BCUT2D eigenvalue weighted by atomic mass is 16.5. The minimum Gasteiger partial charge on any atom is -0.383 e. The lowest BCUT2D eigenvalue weighted by molar-refractivity contribution is -0.125. The predicted molar refractivity (Wildman–Crippen MR) is 83.5 cm³/mol. The summed E-state index contributed by atoms with van der Waals surface area (Å²) in [6.07, 6.45) is 7.01. The first-order valence-corrected chi connectivity index (χ1v) is 8.47. The average molecular weight is 295 g/mol. The minimum absolute atomic E-state index is 0.374. The van der Waals surface area contributed by atoms with Crippen LogP contribution in [0.1, 0.15) is 39.0 Å². The van der Waals surface area contributed by atoms with E-state index in [2.05, 4.69) is 22.5 Å². The number of methoxy groups -OCH3 is 1. The lowest BCUT2D eigenvalue weighted by atomic mass is 9.54. The van der Waals surface area contributed by atoms with Gasteiger partial charge in [-0.1, -0.05) is 12.8 Å². The molecule has 3 atom stereocenters. The summed E-state index contributed by atoms with van der Waals surface area (Å²) < 4.78 is 11.1. The van der Waals surface area contributed by atoms with E-state index in [1.165, 1.54) is 32.1 Å². The number of hydrogen-bond acceptors (Lipinski definition) is 3. The zero-order valence-electron chi connectivity index (χ0n) is 13.4. The number of nitrogens with one attached hydrogen (secondary N) is 2. The lowest BCUT2D eigenvalue weighted by Crippen LogP contribution is -2.69. The van der Waals surface area contributed by atoms with Gasteiger partial charge in [-0.25, -0.2) is 0 Å². The molecule has 2 N–H and O–H groups in total. The molecule has 2 saturated carbocycles. The third-order valence-electron chi connectivity index (χ3n) is 5.49. The number of rotatable bonds is 5. The van der Waals surface area contributed by atoms with E-state index in [4.69, 9.17) is 9.47 Å². The Morgan fingerprint density at radius 2 is 2.19 bits per heavy atom. The predicted octanol–water partition coefficient (Wildman–Crippen LogP) is 1.54. The second kappa shape index (κ2) is 6.53. The zero-order valence-corrected chi connectivity index (χ0v) is 13.4. The van der Waals surface area contributed by atoms with Crippen LogP contribution < -0.4 is 10.6 Å². The average Bonchev–Trinajstić information content (AvgIpc) is 3.13. The number of hydrogen-bond donors (Lipinski definition) is 2. The van der Waals surface area contributed by atoms with Crippen LogP contribution in [-0.4, -0.2) is 51.5 Å². The van der Waals surface area contributed by atoms with Crippen LogP contribution in [0.2, 0.25) is 0 Å². The SMILES string of the molecule is CCNC(=NCCOC)NC1C2CCOC2C12CCCC2. The summed E-state index contributed by atoms with van der Waals surface area (Å²) in [6, 6.07) is 0.535. The highest BCUT2D eigenvalue weighted by molar-refractivity contribution is 5.80. The highest BCUT2D eigenvalue weighted by Gasteiger charge is 2.65. The molecule has 3 rings (SSSR count). The lowest BCUT2D eigenvalue weighted by Gasteiger charge is -2.57. The van der Waals surface area contributed by atoms with E-state index in [1.54, 1.807) is 7.11 Å². The maximum absolute atomic E-state index is 6.04. The Balaban J connectivity index is 1.67. The van der Waals surface area contributed by atoms with Crippen molar-refractivity contribution in [3.05, 3.63) is 0 Å². The van der Waals surface area contributed by atoms with Crippen LogP contribution in [0.5, 0.6) is 0 Å². The summed E-state index contributed by atoms with van der Waals surface area (Å²) in [5, 5.41) is 7.09. The first-order chi connectivity index (χ1) is 10.3. The van der Waals surface area contributed by atoms with Crippen molar-refractivity contribution >= 4 is 5.96 Å². The Bertz CT molecular complexity index is 380. The maximum Gasteiger partial charge on any atom is 0.191 e. The first kappa shape index (κ1) is 15.1. The van der Waals surface area contributed by atoms with E-state index in [0.717, 1.165) is 19.1 Å². The van der Waals surface area contributed by atoms with Gasteiger partial charge in [-0.3, -0.25) is 4.99 Å². The van der Waals surface area contributed by atoms with Crippen LogP contribution in [0.3, 0.4) is 0 Å². The summed E-state index contributed by atoms with van der Waals surface area (Å²) in [4.78, 5) is 4.62. The Kier molecular flexibility index (Phi) is 4.69. The number of aliphatic imine (C=N–C) groups is 1. The van der Waals surface area contributed by atoms with Gasteiger partial charge in [-0.2, -0.15) is 0 Å². The fourth-order valence-corrected chi connectivity index (χ4v) is 4.62. The van der Waals surface area contributed by atoms with Crippen molar-refractivity contribution in [1.29, 1.82) is 0 Å². The molecule has 3 unspecified atom stereocenters. The van der Waals surface area contributed by atoms with Gasteiger partial charge in [0, 0.05) is 37.6 Å². The van der Waals surface area contributed by atoms with Crippen molar-refractivity contribution in [2.45, 2.75) is 51.2 Å². The molecule has 1 aliphatic heterocycles. The summed E-state index contributed by atoms with van der Waals surface area (Å²) >= 11 is 0. The van der Waals surface area contributed by atoms with Gasteiger partial charge in [-0.05, 0) is 26.2 Å². The fourth-order valence-electron chi connectivity index (χ4n) is 4.62. The molecule has 0 aromatic heterocycles. The zero-order chi connectivity index (χ0) is 14.7. The summed E-state index contributed by atoms with van der Waals surface area (Å²) in [5.74, 6) is 1.62. The largest absolute Gasteiger partial charge is 0.383 e. The third-order valence-corrected chi connectivity index (χ3v) is 5.49. The molecule has 1 spiro atoms. The molecule has 0 radical (unpaired) electrons. The summed E-state index contributed by atoms with van der Waals surface area (Å²) in [6.45, 7) is 5.31. The van der Waals surface area contributed by atoms with Crippen LogP contribution in [-0.2, 0) is 9.47 Å². The van der Waals surface area contributed by atoms with Crippen molar-refractivity contribution in [3.8, 4) is 0 Å². The highest BCUT2D eigenvalue weighted by Crippen LogP contribution is 2.60. The van der Waals surface area contributed by atoms with Gasteiger partial charge in [0.25, 0.3) is 0 Å². The van der Waals surface area contributed by atoms with Gasteiger partial charge in [0.1, 0.15) is 0 Å². The monoisotopic (exact) mass is 295 g/mol. The fraction of sp³-hybridized carbons (Fsp3) is 0.938. The van der Waals surface area contributed by atoms with Gasteiger partial charge in [0.2, 0.25) is 0 Å². The molecular formula is C16H29N3O2. The standard InChI is InChI=1S/C16H29N3O2/c1-3-17-15(18-9-11-20-2)19-13-12-6-10-21-14(12)16(13)7-4-5-8-16/h12-14H,3-11H2,1-2H3,(H2,17,18,19). The van der Waals surface area contributed by atoms with Crippen molar-refractivity contribution in [1.82, 2.24) is 10.6 Å². The first-order valence-electron chi connectivity index (χ1n) is 8.47. The third kappa shape index (κ3) is 2.66. The number of fused-ring (bicyclic) bond motifs is 2. The Morgan fingerprint density at radius 3 is 2.90 bits per heavy atom. The van der Waals surface area contributed by atoms with Crippen molar-refractivity contribution in [2.24, 2.45) is 16.3 Å². The second-order valence-corrected chi connectivity index (χ2v) is 6.56. The van der Waals surface area contributed by atoms with E-state index >= 15 is 0 Å². The smallest absolute Gasteiger partial charge is 0.191 e. The molecule has 21 heavy (non-hydrogen) atoms. The Labute approximate surface area is 127 Å². The molecular weight excluding hydrogens is 266 g/mol. The van der Waals surface area contributed by atoms with E-state index in [1.807, 2.05) is 0 Å². The molecule has 5 heteroatoms.